The molecule has 125 valence electrons. The summed E-state index contributed by atoms with van der Waals surface area (Å²) in [5.41, 5.74) is 5.43. The summed E-state index contributed by atoms with van der Waals surface area (Å²) in [6, 6.07) is 26.6. The first-order valence-corrected chi connectivity index (χ1v) is 8.17. The van der Waals surface area contributed by atoms with Gasteiger partial charge in [0.2, 0.25) is 0 Å². The maximum absolute atomic E-state index is 11.6. The SMILES string of the molecule is [CH2]OC(=O)Nc1ccc(Cc2ccccc2)cc1Cc1ccccc1. The maximum Gasteiger partial charge on any atom is 0.411 e. The zero-order chi connectivity index (χ0) is 17.5. The lowest BCUT2D eigenvalue weighted by atomic mass is 9.97. The van der Waals surface area contributed by atoms with Gasteiger partial charge in [-0.1, -0.05) is 72.8 Å². The number of amides is 1. The van der Waals surface area contributed by atoms with Crippen LogP contribution >= 0.6 is 0 Å². The minimum Gasteiger partial charge on any atom is -0.446 e. The molecule has 0 aliphatic rings. The first kappa shape index (κ1) is 16.8. The number of nitrogens with one attached hydrogen (secondary N) is 1. The Hall–Kier alpha value is -3.07. The molecule has 3 nitrogen and oxygen atoms in total. The average molecular weight is 330 g/mol. The van der Waals surface area contributed by atoms with Crippen LogP contribution in [-0.2, 0) is 17.6 Å². The van der Waals surface area contributed by atoms with Crippen LogP contribution in [0.5, 0.6) is 0 Å². The average Bonchev–Trinajstić information content (AvgIpc) is 2.65. The Labute approximate surface area is 148 Å². The fourth-order valence-corrected chi connectivity index (χ4v) is 2.82. The summed E-state index contributed by atoms with van der Waals surface area (Å²) in [7, 11) is 3.16. The second-order valence-electron chi connectivity index (χ2n) is 5.87. The molecular formula is C22H20NO2. The topological polar surface area (TPSA) is 38.3 Å². The third kappa shape index (κ3) is 4.70. The second-order valence-corrected chi connectivity index (χ2v) is 5.87. The lowest BCUT2D eigenvalue weighted by Crippen LogP contribution is -2.12. The van der Waals surface area contributed by atoms with Crippen LogP contribution in [0.2, 0.25) is 0 Å². The quantitative estimate of drug-likeness (QED) is 0.697. The molecule has 0 bridgehead atoms. The minimum absolute atomic E-state index is 0.565. The predicted octanol–water partition coefficient (Wildman–Crippen LogP) is 5.21. The van der Waals surface area contributed by atoms with Crippen LogP contribution in [0, 0.1) is 7.11 Å². The summed E-state index contributed by atoms with van der Waals surface area (Å²) in [5.74, 6) is 0. The maximum atomic E-state index is 11.6. The molecular weight excluding hydrogens is 310 g/mol. The van der Waals surface area contributed by atoms with Gasteiger partial charge in [0, 0.05) is 5.69 Å². The Kier molecular flexibility index (Phi) is 5.47. The van der Waals surface area contributed by atoms with Crippen molar-refractivity contribution in [3.8, 4) is 0 Å². The molecule has 0 fully saturated rings. The molecule has 3 aromatic carbocycles. The Morgan fingerprint density at radius 3 is 2.00 bits per heavy atom. The van der Waals surface area contributed by atoms with E-state index in [1.54, 1.807) is 0 Å². The van der Waals surface area contributed by atoms with Gasteiger partial charge in [-0.25, -0.2) is 4.79 Å². The highest BCUT2D eigenvalue weighted by molar-refractivity contribution is 5.86. The van der Waals surface area contributed by atoms with E-state index >= 15 is 0 Å². The zero-order valence-electron chi connectivity index (χ0n) is 13.9. The van der Waals surface area contributed by atoms with Gasteiger partial charge in [0.15, 0.2) is 0 Å². The summed E-state index contributed by atoms with van der Waals surface area (Å²) in [6.07, 6.45) is 1.02. The van der Waals surface area contributed by atoms with Crippen molar-refractivity contribution in [1.29, 1.82) is 0 Å². The highest BCUT2D eigenvalue weighted by Gasteiger charge is 2.09. The van der Waals surface area contributed by atoms with Crippen LogP contribution in [0.3, 0.4) is 0 Å². The van der Waals surface area contributed by atoms with Gasteiger partial charge in [-0.2, -0.15) is 0 Å². The molecule has 25 heavy (non-hydrogen) atoms. The summed E-state index contributed by atoms with van der Waals surface area (Å²) in [4.78, 5) is 11.6. The Morgan fingerprint density at radius 2 is 1.40 bits per heavy atom. The third-order valence-corrected chi connectivity index (χ3v) is 4.03. The molecule has 0 atom stereocenters. The van der Waals surface area contributed by atoms with Gasteiger partial charge in [-0.15, -0.1) is 0 Å². The van der Waals surface area contributed by atoms with E-state index in [2.05, 4.69) is 47.5 Å². The fourth-order valence-electron chi connectivity index (χ4n) is 2.82. The van der Waals surface area contributed by atoms with Gasteiger partial charge in [0.25, 0.3) is 0 Å². The van der Waals surface area contributed by atoms with E-state index in [-0.39, 0.29) is 0 Å². The van der Waals surface area contributed by atoms with Crippen LogP contribution in [0.25, 0.3) is 0 Å². The molecule has 0 spiro atoms. The summed E-state index contributed by atoms with van der Waals surface area (Å²) in [5, 5.41) is 2.75. The van der Waals surface area contributed by atoms with Crippen molar-refractivity contribution in [3.63, 3.8) is 0 Å². The van der Waals surface area contributed by atoms with Gasteiger partial charge in [0.05, 0.1) is 0 Å². The van der Waals surface area contributed by atoms with Crippen molar-refractivity contribution >= 4 is 11.8 Å². The normalized spacial score (nSPS) is 10.3. The summed E-state index contributed by atoms with van der Waals surface area (Å²) >= 11 is 0. The van der Waals surface area contributed by atoms with Gasteiger partial charge in [0.1, 0.15) is 7.11 Å². The predicted molar refractivity (Wildman–Crippen MR) is 100 cm³/mol. The van der Waals surface area contributed by atoms with Gasteiger partial charge in [-0.05, 0) is 41.2 Å². The van der Waals surface area contributed by atoms with E-state index in [1.807, 2.05) is 48.5 Å². The first-order chi connectivity index (χ1) is 12.2. The highest BCUT2D eigenvalue weighted by atomic mass is 16.5. The van der Waals surface area contributed by atoms with Crippen molar-refractivity contribution in [1.82, 2.24) is 0 Å². The molecule has 3 rings (SSSR count). The molecule has 3 heteroatoms. The largest absolute Gasteiger partial charge is 0.446 e. The number of anilines is 1. The van der Waals surface area contributed by atoms with Crippen LogP contribution in [0.1, 0.15) is 22.3 Å². The number of hydrogen-bond acceptors (Lipinski definition) is 2. The Balaban J connectivity index is 1.89. The van der Waals surface area contributed by atoms with Gasteiger partial charge in [-0.3, -0.25) is 5.32 Å². The Bertz CT molecular complexity index is 829. The molecule has 3 aromatic rings. The third-order valence-electron chi connectivity index (χ3n) is 4.03. The molecule has 0 saturated carbocycles. The van der Waals surface area contributed by atoms with E-state index < -0.39 is 6.09 Å². The highest BCUT2D eigenvalue weighted by Crippen LogP contribution is 2.23. The van der Waals surface area contributed by atoms with Crippen LogP contribution in [0.4, 0.5) is 10.5 Å². The standard InChI is InChI=1S/C22H20NO2/c1-25-22(24)23-21-13-12-19(14-17-8-4-2-5-9-17)16-20(21)15-18-10-6-3-7-11-18/h2-13,16H,1,14-15H2,(H,23,24). The molecule has 1 radical (unpaired) electrons. The molecule has 0 aromatic heterocycles. The van der Waals surface area contributed by atoms with Crippen molar-refractivity contribution in [2.75, 3.05) is 5.32 Å². The number of carbonyl (C=O) groups excluding carboxylic acids is 1. The van der Waals surface area contributed by atoms with Crippen molar-refractivity contribution in [2.45, 2.75) is 12.8 Å². The fraction of sp³-hybridized carbons (Fsp3) is 0.0909. The molecule has 1 amide bonds. The van der Waals surface area contributed by atoms with Gasteiger partial charge < -0.3 is 4.74 Å². The van der Waals surface area contributed by atoms with E-state index in [4.69, 9.17) is 0 Å². The lowest BCUT2D eigenvalue weighted by Gasteiger charge is -2.13. The van der Waals surface area contributed by atoms with Crippen molar-refractivity contribution in [3.05, 3.63) is 108 Å². The molecule has 0 aliphatic carbocycles. The summed E-state index contributed by atoms with van der Waals surface area (Å²) in [6.45, 7) is 0. The number of carbonyl (C=O) groups is 1. The van der Waals surface area contributed by atoms with Crippen LogP contribution in [0.15, 0.2) is 78.9 Å². The Morgan fingerprint density at radius 1 is 0.800 bits per heavy atom. The lowest BCUT2D eigenvalue weighted by molar-refractivity contribution is 0.199. The van der Waals surface area contributed by atoms with E-state index in [1.165, 1.54) is 16.7 Å². The number of rotatable bonds is 5. The molecule has 0 aliphatic heterocycles. The number of benzene rings is 3. The van der Waals surface area contributed by atoms with Crippen LogP contribution < -0.4 is 5.32 Å². The molecule has 1 N–H and O–H groups in total. The second kappa shape index (κ2) is 8.15. The summed E-state index contributed by atoms with van der Waals surface area (Å²) < 4.78 is 4.49. The van der Waals surface area contributed by atoms with E-state index in [9.17, 15) is 4.79 Å². The molecule has 0 heterocycles. The monoisotopic (exact) mass is 330 g/mol. The minimum atomic E-state index is -0.565. The van der Waals surface area contributed by atoms with E-state index in [0.717, 1.165) is 24.1 Å². The smallest absolute Gasteiger partial charge is 0.411 e. The number of hydrogen-bond donors (Lipinski definition) is 1. The molecule has 0 saturated heterocycles. The van der Waals surface area contributed by atoms with Crippen LogP contribution in [-0.4, -0.2) is 6.09 Å². The first-order valence-electron chi connectivity index (χ1n) is 8.17. The van der Waals surface area contributed by atoms with E-state index in [0.29, 0.717) is 0 Å². The van der Waals surface area contributed by atoms with Crippen molar-refractivity contribution in [2.24, 2.45) is 0 Å². The van der Waals surface area contributed by atoms with Crippen molar-refractivity contribution < 1.29 is 9.53 Å². The molecule has 0 unspecified atom stereocenters. The van der Waals surface area contributed by atoms with Gasteiger partial charge >= 0.3 is 6.09 Å². The number of ether oxygens (including phenoxy) is 1. The zero-order valence-corrected chi connectivity index (χ0v) is 13.9.